The zero-order valence-electron chi connectivity index (χ0n) is 11.8. The molecule has 3 aromatic rings. The third-order valence-corrected chi connectivity index (χ3v) is 6.04. The third kappa shape index (κ3) is 3.59. The van der Waals surface area contributed by atoms with Crippen molar-refractivity contribution < 1.29 is 14.4 Å². The van der Waals surface area contributed by atoms with Crippen LogP contribution in [0.25, 0.3) is 21.1 Å². The first-order chi connectivity index (χ1) is 10.5. The molecular weight excluding hydrogens is 337 g/mol. The van der Waals surface area contributed by atoms with Gasteiger partial charge >= 0.3 is 7.60 Å². The Kier molecular flexibility index (Phi) is 4.66. The summed E-state index contributed by atoms with van der Waals surface area (Å²) in [4.78, 5) is 20.4. The highest BCUT2D eigenvalue weighted by molar-refractivity contribution is 7.51. The second-order valence-corrected chi connectivity index (χ2v) is 8.62. The van der Waals surface area contributed by atoms with Crippen LogP contribution in [0.4, 0.5) is 0 Å². The Balaban J connectivity index is 1.93. The van der Waals surface area contributed by atoms with Crippen molar-refractivity contribution in [3.8, 4) is 21.1 Å². The summed E-state index contributed by atoms with van der Waals surface area (Å²) in [6.45, 7) is 0.596. The van der Waals surface area contributed by atoms with Crippen molar-refractivity contribution in [2.24, 2.45) is 0 Å². The van der Waals surface area contributed by atoms with Crippen molar-refractivity contribution in [3.05, 3.63) is 47.2 Å². The number of nitrogens with zero attached hydrogens (tertiary/aromatic N) is 1. The average molecular weight is 353 g/mol. The summed E-state index contributed by atoms with van der Waals surface area (Å²) in [7, 11) is -3.94. The Morgan fingerprint density at radius 2 is 1.50 bits per heavy atom. The molecule has 2 N–H and O–H groups in total. The number of rotatable bonds is 6. The van der Waals surface area contributed by atoms with Crippen LogP contribution in [0.2, 0.25) is 0 Å². The van der Waals surface area contributed by atoms with E-state index < -0.39 is 7.60 Å². The fourth-order valence-electron chi connectivity index (χ4n) is 2.42. The van der Waals surface area contributed by atoms with Crippen LogP contribution in [0.3, 0.4) is 0 Å². The van der Waals surface area contributed by atoms with Crippen molar-refractivity contribution in [1.82, 2.24) is 4.57 Å². The van der Waals surface area contributed by atoms with E-state index in [1.54, 1.807) is 22.7 Å². The van der Waals surface area contributed by atoms with Gasteiger partial charge in [-0.1, -0.05) is 12.1 Å². The summed E-state index contributed by atoms with van der Waals surface area (Å²) in [6, 6.07) is 12.3. The smallest absolute Gasteiger partial charge is 0.325 e. The molecule has 3 aromatic heterocycles. The molecule has 0 bridgehead atoms. The maximum atomic E-state index is 11.1. The lowest BCUT2D eigenvalue weighted by atomic mass is 10.3. The van der Waals surface area contributed by atoms with E-state index in [0.717, 1.165) is 11.4 Å². The van der Waals surface area contributed by atoms with E-state index in [4.69, 9.17) is 9.79 Å². The van der Waals surface area contributed by atoms with Gasteiger partial charge in [0.05, 0.1) is 27.3 Å². The second kappa shape index (κ2) is 6.52. The van der Waals surface area contributed by atoms with Gasteiger partial charge in [0, 0.05) is 6.54 Å². The van der Waals surface area contributed by atoms with Gasteiger partial charge in [0.2, 0.25) is 0 Å². The van der Waals surface area contributed by atoms with Crippen molar-refractivity contribution in [3.63, 3.8) is 0 Å². The van der Waals surface area contributed by atoms with E-state index in [0.29, 0.717) is 13.0 Å². The molecule has 0 aromatic carbocycles. The van der Waals surface area contributed by atoms with Crippen LogP contribution in [0.15, 0.2) is 47.2 Å². The minimum absolute atomic E-state index is 0.0844. The van der Waals surface area contributed by atoms with E-state index in [1.807, 2.05) is 22.9 Å². The molecular formula is C15H16NO3PS2. The molecule has 0 saturated heterocycles. The van der Waals surface area contributed by atoms with Crippen LogP contribution >= 0.6 is 30.3 Å². The molecule has 0 aliphatic rings. The van der Waals surface area contributed by atoms with Gasteiger partial charge in [-0.3, -0.25) is 4.57 Å². The summed E-state index contributed by atoms with van der Waals surface area (Å²) < 4.78 is 13.2. The number of aromatic nitrogens is 1. The van der Waals surface area contributed by atoms with Crippen LogP contribution in [0.1, 0.15) is 6.42 Å². The molecule has 0 unspecified atom stereocenters. The van der Waals surface area contributed by atoms with Crippen molar-refractivity contribution in [2.45, 2.75) is 13.0 Å². The molecule has 0 aliphatic heterocycles. The van der Waals surface area contributed by atoms with Gasteiger partial charge in [-0.2, -0.15) is 0 Å². The van der Waals surface area contributed by atoms with Crippen LogP contribution in [-0.4, -0.2) is 20.5 Å². The Bertz CT molecular complexity index is 720. The Morgan fingerprint density at radius 1 is 0.955 bits per heavy atom. The molecule has 116 valence electrons. The van der Waals surface area contributed by atoms with Crippen LogP contribution < -0.4 is 0 Å². The summed E-state index contributed by atoms with van der Waals surface area (Å²) >= 11 is 3.34. The average Bonchev–Trinajstić information content (AvgIpc) is 3.18. The zero-order chi connectivity index (χ0) is 15.6. The molecule has 7 heteroatoms. The summed E-state index contributed by atoms with van der Waals surface area (Å²) in [5, 5.41) is 4.07. The SMILES string of the molecule is O=P(O)(O)CCCn1c(-c2cccs2)ccc1-c1cccs1. The maximum absolute atomic E-state index is 11.1. The van der Waals surface area contributed by atoms with E-state index in [1.165, 1.54) is 9.75 Å². The summed E-state index contributed by atoms with van der Waals surface area (Å²) in [5.41, 5.74) is 2.20. The number of thiophene rings is 2. The Morgan fingerprint density at radius 3 is 1.91 bits per heavy atom. The lowest BCUT2D eigenvalue weighted by molar-refractivity contribution is 0.370. The Hall–Kier alpha value is -1.17. The first-order valence-electron chi connectivity index (χ1n) is 6.86. The van der Waals surface area contributed by atoms with Crippen LogP contribution in [0, 0.1) is 0 Å². The quantitative estimate of drug-likeness (QED) is 0.641. The fraction of sp³-hybridized carbons (Fsp3) is 0.200. The summed E-state index contributed by atoms with van der Waals surface area (Å²) in [6.07, 6.45) is 0.370. The van der Waals surface area contributed by atoms with E-state index in [-0.39, 0.29) is 6.16 Å². The van der Waals surface area contributed by atoms with Crippen LogP contribution in [0.5, 0.6) is 0 Å². The molecule has 0 saturated carbocycles. The topological polar surface area (TPSA) is 62.5 Å². The van der Waals surface area contributed by atoms with E-state index in [9.17, 15) is 4.57 Å². The third-order valence-electron chi connectivity index (χ3n) is 3.36. The van der Waals surface area contributed by atoms with E-state index in [2.05, 4.69) is 28.8 Å². The number of hydrogen-bond acceptors (Lipinski definition) is 3. The highest BCUT2D eigenvalue weighted by Gasteiger charge is 2.16. The standard InChI is InChI=1S/C15H16NO3PS2/c17-20(18,19)9-3-8-16-12(14-4-1-10-21-14)6-7-13(16)15-5-2-11-22-15/h1-2,4-7,10-11H,3,8-9H2,(H2,17,18,19). The monoisotopic (exact) mass is 353 g/mol. The van der Waals surface area contributed by atoms with Gasteiger partial charge in [-0.05, 0) is 41.4 Å². The molecule has 0 amide bonds. The molecule has 3 rings (SSSR count). The second-order valence-electron chi connectivity index (χ2n) is 4.95. The first-order valence-corrected chi connectivity index (χ1v) is 10.4. The van der Waals surface area contributed by atoms with Gasteiger partial charge in [-0.15, -0.1) is 22.7 Å². The Labute approximate surface area is 136 Å². The van der Waals surface area contributed by atoms with Gasteiger partial charge in [0.15, 0.2) is 0 Å². The molecule has 0 radical (unpaired) electrons. The minimum Gasteiger partial charge on any atom is -0.339 e. The molecule has 3 heterocycles. The molecule has 0 atom stereocenters. The number of hydrogen-bond donors (Lipinski definition) is 2. The molecule has 0 spiro atoms. The van der Waals surface area contributed by atoms with Gasteiger partial charge in [-0.25, -0.2) is 0 Å². The molecule has 4 nitrogen and oxygen atoms in total. The molecule has 22 heavy (non-hydrogen) atoms. The fourth-order valence-corrected chi connectivity index (χ4v) is 4.50. The normalized spacial score (nSPS) is 11.9. The summed E-state index contributed by atoms with van der Waals surface area (Å²) in [5.74, 6) is 0. The van der Waals surface area contributed by atoms with Crippen molar-refractivity contribution in [1.29, 1.82) is 0 Å². The predicted molar refractivity (Wildman–Crippen MR) is 92.6 cm³/mol. The molecule has 0 fully saturated rings. The van der Waals surface area contributed by atoms with Gasteiger partial charge in [0.1, 0.15) is 0 Å². The first kappa shape index (κ1) is 15.7. The van der Waals surface area contributed by atoms with Gasteiger partial charge in [0.25, 0.3) is 0 Å². The van der Waals surface area contributed by atoms with Crippen molar-refractivity contribution in [2.75, 3.05) is 6.16 Å². The van der Waals surface area contributed by atoms with Gasteiger partial charge < -0.3 is 14.4 Å². The van der Waals surface area contributed by atoms with Crippen molar-refractivity contribution >= 4 is 30.3 Å². The molecule has 0 aliphatic carbocycles. The van der Waals surface area contributed by atoms with Crippen LogP contribution in [-0.2, 0) is 11.1 Å². The maximum Gasteiger partial charge on any atom is 0.325 e. The predicted octanol–water partition coefficient (Wildman–Crippen LogP) is 4.51. The zero-order valence-corrected chi connectivity index (χ0v) is 14.3. The lowest BCUT2D eigenvalue weighted by Crippen LogP contribution is -2.03. The van der Waals surface area contributed by atoms with E-state index >= 15 is 0 Å². The lowest BCUT2D eigenvalue weighted by Gasteiger charge is -2.12. The minimum atomic E-state index is -3.94. The highest BCUT2D eigenvalue weighted by Crippen LogP contribution is 2.37. The largest absolute Gasteiger partial charge is 0.339 e. The highest BCUT2D eigenvalue weighted by atomic mass is 32.1.